The molecule has 3 N–H and O–H groups in total. The summed E-state index contributed by atoms with van der Waals surface area (Å²) in [6.07, 6.45) is 0.799. The summed E-state index contributed by atoms with van der Waals surface area (Å²) in [4.78, 5) is 12.3. The first kappa shape index (κ1) is 16.5. The topological polar surface area (TPSA) is 98.5 Å². The van der Waals surface area contributed by atoms with Crippen molar-refractivity contribution in [2.45, 2.75) is 17.2 Å². The van der Waals surface area contributed by atoms with Gasteiger partial charge < -0.3 is 10.1 Å². The van der Waals surface area contributed by atoms with Crippen LogP contribution in [0.3, 0.4) is 0 Å². The van der Waals surface area contributed by atoms with Gasteiger partial charge in [-0.3, -0.25) is 4.79 Å². The fourth-order valence-corrected chi connectivity index (χ4v) is 3.18. The van der Waals surface area contributed by atoms with Gasteiger partial charge in [0.2, 0.25) is 15.9 Å². The van der Waals surface area contributed by atoms with E-state index in [-0.39, 0.29) is 22.6 Å². The molecule has 6 nitrogen and oxygen atoms in total. The smallest absolute Gasteiger partial charge is 0.238 e. The first-order valence-corrected chi connectivity index (χ1v) is 9.01. The van der Waals surface area contributed by atoms with Gasteiger partial charge in [0.15, 0.2) is 0 Å². The van der Waals surface area contributed by atoms with E-state index in [0.29, 0.717) is 5.69 Å². The summed E-state index contributed by atoms with van der Waals surface area (Å²) < 4.78 is 27.5. The second kappa shape index (κ2) is 6.26. The monoisotopic (exact) mass is 346 g/mol. The number of nitrogens with two attached hydrogens (primary N) is 1. The normalized spacial score (nSPS) is 19.6. The van der Waals surface area contributed by atoms with Gasteiger partial charge in [-0.15, -0.1) is 0 Å². The molecule has 24 heavy (non-hydrogen) atoms. The quantitative estimate of drug-likeness (QED) is 0.866. The van der Waals surface area contributed by atoms with Crippen LogP contribution < -0.4 is 15.2 Å². The number of carbonyl (C=O) groups is 1. The van der Waals surface area contributed by atoms with Gasteiger partial charge in [-0.25, -0.2) is 13.6 Å². The van der Waals surface area contributed by atoms with Crippen LogP contribution in [0.2, 0.25) is 0 Å². The maximum Gasteiger partial charge on any atom is 0.238 e. The minimum atomic E-state index is -3.73. The van der Waals surface area contributed by atoms with Crippen molar-refractivity contribution in [3.05, 3.63) is 54.1 Å². The Balaban J connectivity index is 1.62. The maximum absolute atomic E-state index is 12.3. The van der Waals surface area contributed by atoms with Gasteiger partial charge in [0.1, 0.15) is 5.75 Å². The number of hydrogen-bond donors (Lipinski definition) is 2. The van der Waals surface area contributed by atoms with Crippen LogP contribution in [0.25, 0.3) is 0 Å². The minimum Gasteiger partial charge on any atom is -0.497 e. The highest BCUT2D eigenvalue weighted by Gasteiger charge is 2.43. The van der Waals surface area contributed by atoms with Gasteiger partial charge in [-0.1, -0.05) is 12.1 Å². The molecule has 2 atom stereocenters. The molecule has 1 saturated carbocycles. The summed E-state index contributed by atoms with van der Waals surface area (Å²) in [6, 6.07) is 13.5. The lowest BCUT2D eigenvalue weighted by Crippen LogP contribution is -2.15. The van der Waals surface area contributed by atoms with Crippen molar-refractivity contribution in [3.8, 4) is 5.75 Å². The number of carbonyl (C=O) groups excluding carboxylic acids is 1. The Labute approximate surface area is 140 Å². The van der Waals surface area contributed by atoms with Crippen molar-refractivity contribution in [1.29, 1.82) is 0 Å². The molecular formula is C17H18N2O4S. The third kappa shape index (κ3) is 3.58. The Hall–Kier alpha value is -2.38. The summed E-state index contributed by atoms with van der Waals surface area (Å²) >= 11 is 0. The lowest BCUT2D eigenvalue weighted by atomic mass is 10.1. The Bertz CT molecular complexity index is 845. The van der Waals surface area contributed by atoms with E-state index in [1.165, 1.54) is 24.3 Å². The molecule has 0 aromatic heterocycles. The summed E-state index contributed by atoms with van der Waals surface area (Å²) in [5.74, 6) is 0.852. The van der Waals surface area contributed by atoms with Crippen LogP contribution in [0, 0.1) is 5.92 Å². The molecular weight excluding hydrogens is 328 g/mol. The van der Waals surface area contributed by atoms with E-state index < -0.39 is 10.0 Å². The Morgan fingerprint density at radius 3 is 2.29 bits per heavy atom. The van der Waals surface area contributed by atoms with Gasteiger partial charge in [0.25, 0.3) is 0 Å². The first-order chi connectivity index (χ1) is 11.4. The zero-order valence-electron chi connectivity index (χ0n) is 13.1. The van der Waals surface area contributed by atoms with Crippen LogP contribution in [-0.4, -0.2) is 21.4 Å². The largest absolute Gasteiger partial charge is 0.497 e. The van der Waals surface area contributed by atoms with Crippen molar-refractivity contribution in [2.75, 3.05) is 12.4 Å². The molecule has 2 aromatic carbocycles. The fraction of sp³-hybridized carbons (Fsp3) is 0.235. The average molecular weight is 346 g/mol. The predicted octanol–water partition coefficient (Wildman–Crippen LogP) is 2.08. The molecule has 3 rings (SSSR count). The molecule has 0 saturated heterocycles. The van der Waals surface area contributed by atoms with Gasteiger partial charge >= 0.3 is 0 Å². The molecule has 1 aliphatic carbocycles. The van der Waals surface area contributed by atoms with Crippen LogP contribution in [0.15, 0.2) is 53.4 Å². The SMILES string of the molecule is COc1ccc(C2CC2C(=O)Nc2ccc(S(N)(=O)=O)cc2)cc1. The van der Waals surface area contributed by atoms with Crippen LogP contribution in [0.1, 0.15) is 17.9 Å². The Morgan fingerprint density at radius 1 is 1.12 bits per heavy atom. The summed E-state index contributed by atoms with van der Waals surface area (Å²) in [6.45, 7) is 0. The van der Waals surface area contributed by atoms with E-state index in [9.17, 15) is 13.2 Å². The lowest BCUT2D eigenvalue weighted by Gasteiger charge is -2.06. The molecule has 0 aliphatic heterocycles. The van der Waals surface area contributed by atoms with Gasteiger partial charge in [0, 0.05) is 11.6 Å². The van der Waals surface area contributed by atoms with Crippen molar-refractivity contribution in [2.24, 2.45) is 11.1 Å². The molecule has 1 aliphatic rings. The fourth-order valence-electron chi connectivity index (χ4n) is 2.67. The third-order valence-electron chi connectivity index (χ3n) is 4.12. The van der Waals surface area contributed by atoms with Crippen molar-refractivity contribution >= 4 is 21.6 Å². The Morgan fingerprint density at radius 2 is 1.75 bits per heavy atom. The number of anilines is 1. The van der Waals surface area contributed by atoms with Crippen LogP contribution in [0.4, 0.5) is 5.69 Å². The standard InChI is InChI=1S/C17H18N2O4S/c1-23-13-6-2-11(3-7-13)15-10-16(15)17(20)19-12-4-8-14(9-5-12)24(18,21)22/h2-9,15-16H,10H2,1H3,(H,19,20)(H2,18,21,22). The van der Waals surface area contributed by atoms with Crippen molar-refractivity contribution in [3.63, 3.8) is 0 Å². The van der Waals surface area contributed by atoms with Crippen LogP contribution in [-0.2, 0) is 14.8 Å². The molecule has 2 unspecified atom stereocenters. The molecule has 0 spiro atoms. The highest BCUT2D eigenvalue weighted by Crippen LogP contribution is 2.48. The van der Waals surface area contributed by atoms with E-state index in [1.54, 1.807) is 7.11 Å². The summed E-state index contributed by atoms with van der Waals surface area (Å²) in [7, 11) is -2.11. The predicted molar refractivity (Wildman–Crippen MR) is 90.3 cm³/mol. The molecule has 0 radical (unpaired) electrons. The number of primary sulfonamides is 1. The minimum absolute atomic E-state index is 0.0167. The van der Waals surface area contributed by atoms with Gasteiger partial charge in [-0.2, -0.15) is 0 Å². The van der Waals surface area contributed by atoms with E-state index in [2.05, 4.69) is 5.32 Å². The summed E-state index contributed by atoms with van der Waals surface area (Å²) in [5.41, 5.74) is 1.66. The zero-order valence-corrected chi connectivity index (χ0v) is 13.9. The number of benzene rings is 2. The third-order valence-corrected chi connectivity index (χ3v) is 5.05. The van der Waals surface area contributed by atoms with E-state index >= 15 is 0 Å². The first-order valence-electron chi connectivity index (χ1n) is 7.46. The highest BCUT2D eigenvalue weighted by molar-refractivity contribution is 7.89. The second-order valence-corrected chi connectivity index (χ2v) is 7.34. The van der Waals surface area contributed by atoms with Gasteiger partial charge in [0.05, 0.1) is 12.0 Å². The average Bonchev–Trinajstić information content (AvgIpc) is 3.35. The Kier molecular flexibility index (Phi) is 4.29. The molecule has 126 valence electrons. The molecule has 7 heteroatoms. The number of hydrogen-bond acceptors (Lipinski definition) is 4. The molecule has 1 fully saturated rings. The van der Waals surface area contributed by atoms with Gasteiger partial charge in [-0.05, 0) is 54.3 Å². The van der Waals surface area contributed by atoms with Crippen LogP contribution in [0.5, 0.6) is 5.75 Å². The van der Waals surface area contributed by atoms with Crippen molar-refractivity contribution < 1.29 is 17.9 Å². The maximum atomic E-state index is 12.3. The lowest BCUT2D eigenvalue weighted by molar-refractivity contribution is -0.117. The number of amides is 1. The zero-order chi connectivity index (χ0) is 17.3. The highest BCUT2D eigenvalue weighted by atomic mass is 32.2. The van der Waals surface area contributed by atoms with E-state index in [1.807, 2.05) is 24.3 Å². The van der Waals surface area contributed by atoms with E-state index in [0.717, 1.165) is 17.7 Å². The number of sulfonamides is 1. The molecule has 1 amide bonds. The number of methoxy groups -OCH3 is 1. The van der Waals surface area contributed by atoms with E-state index in [4.69, 9.17) is 9.88 Å². The molecule has 2 aromatic rings. The number of nitrogens with one attached hydrogen (secondary N) is 1. The molecule has 0 heterocycles. The van der Waals surface area contributed by atoms with Crippen LogP contribution >= 0.6 is 0 Å². The molecule has 0 bridgehead atoms. The second-order valence-electron chi connectivity index (χ2n) is 5.78. The number of rotatable bonds is 5. The summed E-state index contributed by atoms with van der Waals surface area (Å²) in [5, 5.41) is 7.85. The number of ether oxygens (including phenoxy) is 1. The van der Waals surface area contributed by atoms with Crippen molar-refractivity contribution in [1.82, 2.24) is 0 Å².